The van der Waals surface area contributed by atoms with Crippen LogP contribution < -0.4 is 0 Å². The molecule has 0 aliphatic rings. The molecule has 3 nitrogen and oxygen atoms in total. The topological polar surface area (TPSA) is 52.5 Å². The number of aromatic amines is 1. The Balaban J connectivity index is 2.46. The molecule has 3 heteroatoms. The summed E-state index contributed by atoms with van der Waals surface area (Å²) in [5, 5.41) is 15.2. The van der Waals surface area contributed by atoms with Crippen molar-refractivity contribution in [3.8, 4) is 6.07 Å². The number of nitrogens with zero attached hydrogens (tertiary/aromatic N) is 2. The third-order valence-electron chi connectivity index (χ3n) is 1.79. The Kier molecular flexibility index (Phi) is 3.34. The van der Waals surface area contributed by atoms with Gasteiger partial charge in [0.15, 0.2) is 0 Å². The molecule has 1 heterocycles. The van der Waals surface area contributed by atoms with Gasteiger partial charge in [-0.2, -0.15) is 10.4 Å². The molecule has 0 fully saturated rings. The number of hydrogen-bond acceptors (Lipinski definition) is 2. The maximum Gasteiger partial charge on any atom is 0.103 e. The lowest BCUT2D eigenvalue weighted by Gasteiger charge is -1.94. The van der Waals surface area contributed by atoms with E-state index in [9.17, 15) is 0 Å². The van der Waals surface area contributed by atoms with Gasteiger partial charge in [-0.1, -0.05) is 19.8 Å². The number of nitriles is 1. The lowest BCUT2D eigenvalue weighted by molar-refractivity contribution is 0.704. The van der Waals surface area contributed by atoms with Crippen LogP contribution in [0.15, 0.2) is 0 Å². The fraction of sp³-hybridized carbons (Fsp3) is 0.556. The molecule has 1 aromatic heterocycles. The summed E-state index contributed by atoms with van der Waals surface area (Å²) < 4.78 is 0. The van der Waals surface area contributed by atoms with Crippen molar-refractivity contribution in [2.24, 2.45) is 0 Å². The van der Waals surface area contributed by atoms with Crippen LogP contribution in [0.4, 0.5) is 0 Å². The summed E-state index contributed by atoms with van der Waals surface area (Å²) in [7, 11) is 0. The van der Waals surface area contributed by atoms with Crippen molar-refractivity contribution in [1.82, 2.24) is 10.2 Å². The lowest BCUT2D eigenvalue weighted by atomic mass is 10.1. The van der Waals surface area contributed by atoms with E-state index >= 15 is 0 Å². The first-order valence-corrected chi connectivity index (χ1v) is 4.23. The van der Waals surface area contributed by atoms with E-state index < -0.39 is 0 Å². The summed E-state index contributed by atoms with van der Waals surface area (Å²) >= 11 is 0. The van der Waals surface area contributed by atoms with Gasteiger partial charge in [0.25, 0.3) is 0 Å². The number of rotatable bonds is 4. The number of hydrogen-bond donors (Lipinski definition) is 1. The summed E-state index contributed by atoms with van der Waals surface area (Å²) in [6.45, 7) is 2.15. The van der Waals surface area contributed by atoms with E-state index in [2.05, 4.69) is 29.4 Å². The van der Waals surface area contributed by atoms with Crippen LogP contribution in [0.5, 0.6) is 0 Å². The van der Waals surface area contributed by atoms with Gasteiger partial charge in [0, 0.05) is 0 Å². The molecule has 0 atom stereocenters. The molecule has 0 aromatic carbocycles. The summed E-state index contributed by atoms with van der Waals surface area (Å²) in [5.74, 6) is 0. The highest BCUT2D eigenvalue weighted by molar-refractivity contribution is 5.29. The second kappa shape index (κ2) is 4.55. The van der Waals surface area contributed by atoms with Crippen LogP contribution in [0.3, 0.4) is 0 Å². The van der Waals surface area contributed by atoms with E-state index in [1.807, 2.05) is 0 Å². The van der Waals surface area contributed by atoms with Crippen molar-refractivity contribution >= 4 is 0 Å². The molecule has 1 radical (unpaired) electrons. The molecule has 63 valence electrons. The fourth-order valence-corrected chi connectivity index (χ4v) is 1.10. The van der Waals surface area contributed by atoms with Crippen molar-refractivity contribution in [1.29, 1.82) is 5.26 Å². The Morgan fingerprint density at radius 3 is 3.08 bits per heavy atom. The zero-order valence-electron chi connectivity index (χ0n) is 7.22. The third-order valence-corrected chi connectivity index (χ3v) is 1.79. The van der Waals surface area contributed by atoms with Crippen LogP contribution in [0.2, 0.25) is 0 Å². The second-order valence-electron chi connectivity index (χ2n) is 2.74. The average molecular weight is 162 g/mol. The van der Waals surface area contributed by atoms with Gasteiger partial charge < -0.3 is 0 Å². The minimum absolute atomic E-state index is 0.561. The first-order chi connectivity index (χ1) is 5.88. The lowest BCUT2D eigenvalue weighted by Crippen LogP contribution is -1.88. The molecule has 0 spiro atoms. The molecular formula is C9H12N3. The van der Waals surface area contributed by atoms with Gasteiger partial charge in [0.1, 0.15) is 17.8 Å². The Morgan fingerprint density at radius 2 is 2.42 bits per heavy atom. The number of aromatic nitrogens is 2. The molecule has 1 aromatic rings. The van der Waals surface area contributed by atoms with Crippen LogP contribution in [0.1, 0.15) is 37.4 Å². The Hall–Kier alpha value is -1.30. The molecule has 12 heavy (non-hydrogen) atoms. The van der Waals surface area contributed by atoms with Crippen molar-refractivity contribution in [3.05, 3.63) is 17.5 Å². The van der Waals surface area contributed by atoms with Gasteiger partial charge in [-0.05, 0) is 12.8 Å². The van der Waals surface area contributed by atoms with Crippen molar-refractivity contribution < 1.29 is 0 Å². The number of aryl methyl sites for hydroxylation is 1. The van der Waals surface area contributed by atoms with Crippen molar-refractivity contribution in [3.63, 3.8) is 0 Å². The number of unbranched alkanes of at least 4 members (excludes halogenated alkanes) is 2. The Bertz CT molecular complexity index is 270. The summed E-state index contributed by atoms with van der Waals surface area (Å²) in [6, 6.07) is 2.05. The van der Waals surface area contributed by atoms with Crippen LogP contribution in [0, 0.1) is 17.5 Å². The van der Waals surface area contributed by atoms with Gasteiger partial charge in [-0.15, -0.1) is 0 Å². The van der Waals surface area contributed by atoms with Crippen LogP contribution in [-0.4, -0.2) is 10.2 Å². The number of H-pyrrole nitrogens is 1. The molecule has 0 aliphatic carbocycles. The highest BCUT2D eigenvalue weighted by Crippen LogP contribution is 2.07. The first kappa shape index (κ1) is 8.79. The summed E-state index contributed by atoms with van der Waals surface area (Å²) in [5.41, 5.74) is 1.41. The number of nitrogens with one attached hydrogen (secondary N) is 1. The van der Waals surface area contributed by atoms with Crippen molar-refractivity contribution in [2.75, 3.05) is 0 Å². The second-order valence-corrected chi connectivity index (χ2v) is 2.74. The molecule has 1 rings (SSSR count). The Labute approximate surface area is 72.4 Å². The fourth-order valence-electron chi connectivity index (χ4n) is 1.10. The standard InChI is InChI=1S/C9H12N3/c1-2-3-4-5-9-8(6-10)7-11-12-9/h2-5H2,1H3,(H,11,12). The van der Waals surface area contributed by atoms with E-state index in [0.29, 0.717) is 5.56 Å². The quantitative estimate of drug-likeness (QED) is 0.686. The molecule has 0 saturated carbocycles. The molecule has 0 aliphatic heterocycles. The monoisotopic (exact) mass is 162 g/mol. The minimum Gasteiger partial charge on any atom is -0.275 e. The van der Waals surface area contributed by atoms with Gasteiger partial charge >= 0.3 is 0 Å². The van der Waals surface area contributed by atoms with Gasteiger partial charge in [-0.25, -0.2) is 0 Å². The maximum atomic E-state index is 8.62. The summed E-state index contributed by atoms with van der Waals surface area (Å²) in [4.78, 5) is 0. The highest BCUT2D eigenvalue weighted by atomic mass is 15.1. The Morgan fingerprint density at radius 1 is 1.58 bits per heavy atom. The van der Waals surface area contributed by atoms with Gasteiger partial charge in [0.05, 0.1) is 5.69 Å². The van der Waals surface area contributed by atoms with E-state index in [-0.39, 0.29) is 0 Å². The van der Waals surface area contributed by atoms with E-state index in [0.717, 1.165) is 18.5 Å². The molecule has 0 bridgehead atoms. The van der Waals surface area contributed by atoms with Crippen LogP contribution in [0.25, 0.3) is 0 Å². The zero-order valence-corrected chi connectivity index (χ0v) is 7.22. The minimum atomic E-state index is 0.561. The van der Waals surface area contributed by atoms with Crippen LogP contribution >= 0.6 is 0 Å². The highest BCUT2D eigenvalue weighted by Gasteiger charge is 2.03. The van der Waals surface area contributed by atoms with E-state index in [4.69, 9.17) is 5.26 Å². The van der Waals surface area contributed by atoms with Gasteiger partial charge in [-0.3, -0.25) is 5.10 Å². The normalized spacial score (nSPS) is 9.67. The van der Waals surface area contributed by atoms with Gasteiger partial charge in [0.2, 0.25) is 0 Å². The first-order valence-electron chi connectivity index (χ1n) is 4.23. The molecule has 1 N–H and O–H groups in total. The SMILES string of the molecule is CCCCCc1n[nH][c]c1C#N. The van der Waals surface area contributed by atoms with E-state index in [1.54, 1.807) is 0 Å². The van der Waals surface area contributed by atoms with Crippen LogP contribution in [-0.2, 0) is 6.42 Å². The predicted molar refractivity (Wildman–Crippen MR) is 45.4 cm³/mol. The zero-order chi connectivity index (χ0) is 8.81. The molecule has 0 amide bonds. The largest absolute Gasteiger partial charge is 0.275 e. The maximum absolute atomic E-state index is 8.62. The predicted octanol–water partition coefficient (Wildman–Crippen LogP) is 1.81. The molecule has 0 unspecified atom stereocenters. The smallest absolute Gasteiger partial charge is 0.103 e. The molecular weight excluding hydrogens is 150 g/mol. The average Bonchev–Trinajstić information content (AvgIpc) is 2.52. The van der Waals surface area contributed by atoms with E-state index in [1.165, 1.54) is 12.8 Å². The molecule has 0 saturated heterocycles. The summed E-state index contributed by atoms with van der Waals surface area (Å²) in [6.07, 6.45) is 7.05. The van der Waals surface area contributed by atoms with Crippen molar-refractivity contribution in [2.45, 2.75) is 32.6 Å². The third kappa shape index (κ3) is 2.09.